The summed E-state index contributed by atoms with van der Waals surface area (Å²) in [6, 6.07) is 5.80. The molecule has 1 aromatic rings. The van der Waals surface area contributed by atoms with Crippen LogP contribution in [0.2, 0.25) is 5.02 Å². The summed E-state index contributed by atoms with van der Waals surface area (Å²) in [5.74, 6) is -0.217. The summed E-state index contributed by atoms with van der Waals surface area (Å²) in [5.41, 5.74) is 0.717. The summed E-state index contributed by atoms with van der Waals surface area (Å²) in [6.07, 6.45) is 2.22. The SMILES string of the molecule is CC1NCCCC1NC(=O)CC1Sc2ccc(Cl)cc2NC1=O. The predicted octanol–water partition coefficient (Wildman–Crippen LogP) is 2.40. The molecular weight excluding hydrogens is 334 g/mol. The molecule has 2 amide bonds. The minimum atomic E-state index is -0.407. The largest absolute Gasteiger partial charge is 0.352 e. The van der Waals surface area contributed by atoms with E-state index in [9.17, 15) is 9.59 Å². The number of hydrogen-bond acceptors (Lipinski definition) is 4. The summed E-state index contributed by atoms with van der Waals surface area (Å²) in [4.78, 5) is 25.4. The number of carbonyl (C=O) groups excluding carboxylic acids is 2. The van der Waals surface area contributed by atoms with Gasteiger partial charge in [0.1, 0.15) is 0 Å². The van der Waals surface area contributed by atoms with Crippen molar-refractivity contribution in [2.24, 2.45) is 0 Å². The first-order valence-corrected chi connectivity index (χ1v) is 9.08. The van der Waals surface area contributed by atoms with E-state index in [-0.39, 0.29) is 30.3 Å². The quantitative estimate of drug-likeness (QED) is 0.780. The summed E-state index contributed by atoms with van der Waals surface area (Å²) in [6.45, 7) is 3.07. The molecule has 1 saturated heterocycles. The lowest BCUT2D eigenvalue weighted by atomic mass is 9.99. The van der Waals surface area contributed by atoms with Gasteiger partial charge in [0.25, 0.3) is 0 Å². The summed E-state index contributed by atoms with van der Waals surface area (Å²) in [7, 11) is 0. The lowest BCUT2D eigenvalue weighted by Crippen LogP contribution is -2.52. The van der Waals surface area contributed by atoms with Gasteiger partial charge in [0.15, 0.2) is 0 Å². The third-order valence-electron chi connectivity index (χ3n) is 4.24. The third kappa shape index (κ3) is 4.00. The van der Waals surface area contributed by atoms with E-state index in [1.807, 2.05) is 6.07 Å². The van der Waals surface area contributed by atoms with E-state index in [1.54, 1.807) is 12.1 Å². The number of hydrogen-bond donors (Lipinski definition) is 3. The number of benzene rings is 1. The molecule has 7 heteroatoms. The number of piperidine rings is 1. The van der Waals surface area contributed by atoms with E-state index in [1.165, 1.54) is 11.8 Å². The molecule has 124 valence electrons. The molecule has 0 radical (unpaired) electrons. The van der Waals surface area contributed by atoms with Crippen molar-refractivity contribution < 1.29 is 9.59 Å². The summed E-state index contributed by atoms with van der Waals surface area (Å²) >= 11 is 7.35. The van der Waals surface area contributed by atoms with Crippen LogP contribution in [0.5, 0.6) is 0 Å². The second-order valence-corrected chi connectivity index (χ2v) is 7.68. The maximum Gasteiger partial charge on any atom is 0.238 e. The maximum atomic E-state index is 12.3. The molecule has 0 saturated carbocycles. The summed E-state index contributed by atoms with van der Waals surface area (Å²) in [5, 5.41) is 9.42. The smallest absolute Gasteiger partial charge is 0.238 e. The number of rotatable bonds is 3. The Hall–Kier alpha value is -1.24. The van der Waals surface area contributed by atoms with E-state index in [2.05, 4.69) is 22.9 Å². The molecule has 2 aliphatic heterocycles. The topological polar surface area (TPSA) is 70.2 Å². The van der Waals surface area contributed by atoms with Crippen LogP contribution >= 0.6 is 23.4 Å². The first kappa shape index (κ1) is 16.6. The average Bonchev–Trinajstić information content (AvgIpc) is 2.50. The highest BCUT2D eigenvalue weighted by atomic mass is 35.5. The fraction of sp³-hybridized carbons (Fsp3) is 0.500. The molecule has 3 unspecified atom stereocenters. The number of halogens is 1. The molecule has 3 rings (SSSR count). The standard InChI is InChI=1S/C16H20ClN3O2S/c1-9-11(3-2-6-18-9)19-15(21)8-14-16(22)20-12-7-10(17)4-5-13(12)23-14/h4-5,7,9,11,14,18H,2-3,6,8H2,1H3,(H,19,21)(H,20,22). The van der Waals surface area contributed by atoms with Crippen molar-refractivity contribution in [3.63, 3.8) is 0 Å². The van der Waals surface area contributed by atoms with Gasteiger partial charge in [0.2, 0.25) is 11.8 Å². The van der Waals surface area contributed by atoms with Gasteiger partial charge in [-0.1, -0.05) is 11.6 Å². The van der Waals surface area contributed by atoms with E-state index in [4.69, 9.17) is 11.6 Å². The van der Waals surface area contributed by atoms with Crippen LogP contribution in [0.1, 0.15) is 26.2 Å². The van der Waals surface area contributed by atoms with Crippen molar-refractivity contribution in [1.29, 1.82) is 0 Å². The zero-order valence-corrected chi connectivity index (χ0v) is 14.5. The van der Waals surface area contributed by atoms with Gasteiger partial charge in [0, 0.05) is 28.4 Å². The monoisotopic (exact) mass is 353 g/mol. The molecule has 0 aliphatic carbocycles. The molecule has 1 fully saturated rings. The Morgan fingerprint density at radius 2 is 2.30 bits per heavy atom. The van der Waals surface area contributed by atoms with Gasteiger partial charge in [0.05, 0.1) is 10.9 Å². The van der Waals surface area contributed by atoms with Gasteiger partial charge in [-0.05, 0) is 44.5 Å². The van der Waals surface area contributed by atoms with Crippen molar-refractivity contribution in [3.05, 3.63) is 23.2 Å². The minimum absolute atomic E-state index is 0.0735. The normalized spacial score (nSPS) is 27.0. The van der Waals surface area contributed by atoms with Crippen LogP contribution in [0.15, 0.2) is 23.1 Å². The van der Waals surface area contributed by atoms with Crippen molar-refractivity contribution in [3.8, 4) is 0 Å². The third-order valence-corrected chi connectivity index (χ3v) is 5.75. The Morgan fingerprint density at radius 1 is 1.48 bits per heavy atom. The highest BCUT2D eigenvalue weighted by Crippen LogP contribution is 2.38. The Labute approximate surface area is 144 Å². The van der Waals surface area contributed by atoms with Gasteiger partial charge in [-0.15, -0.1) is 11.8 Å². The highest BCUT2D eigenvalue weighted by Gasteiger charge is 2.30. The van der Waals surface area contributed by atoms with Crippen LogP contribution < -0.4 is 16.0 Å². The predicted molar refractivity (Wildman–Crippen MR) is 93.0 cm³/mol. The van der Waals surface area contributed by atoms with Crippen LogP contribution in [0.3, 0.4) is 0 Å². The Balaban J connectivity index is 1.60. The van der Waals surface area contributed by atoms with Gasteiger partial charge in [-0.2, -0.15) is 0 Å². The van der Waals surface area contributed by atoms with Crippen LogP contribution in [0.25, 0.3) is 0 Å². The minimum Gasteiger partial charge on any atom is -0.352 e. The van der Waals surface area contributed by atoms with E-state index in [0.717, 1.165) is 24.3 Å². The second-order valence-electron chi connectivity index (χ2n) is 6.00. The Morgan fingerprint density at radius 3 is 3.09 bits per heavy atom. The number of thioether (sulfide) groups is 1. The van der Waals surface area contributed by atoms with Crippen LogP contribution in [0, 0.1) is 0 Å². The van der Waals surface area contributed by atoms with Crippen LogP contribution in [-0.4, -0.2) is 35.7 Å². The molecule has 3 atom stereocenters. The van der Waals surface area contributed by atoms with Crippen LogP contribution in [0.4, 0.5) is 5.69 Å². The molecule has 0 bridgehead atoms. The number of fused-ring (bicyclic) bond motifs is 1. The lowest BCUT2D eigenvalue weighted by Gasteiger charge is -2.31. The van der Waals surface area contributed by atoms with E-state index >= 15 is 0 Å². The van der Waals surface area contributed by atoms with Gasteiger partial charge >= 0.3 is 0 Å². The molecule has 2 heterocycles. The molecule has 3 N–H and O–H groups in total. The second kappa shape index (κ2) is 7.11. The lowest BCUT2D eigenvalue weighted by molar-refractivity contribution is -0.124. The van der Waals surface area contributed by atoms with Gasteiger partial charge < -0.3 is 16.0 Å². The van der Waals surface area contributed by atoms with Crippen molar-refractivity contribution in [2.75, 3.05) is 11.9 Å². The first-order valence-electron chi connectivity index (χ1n) is 7.83. The summed E-state index contributed by atoms with van der Waals surface area (Å²) < 4.78 is 0. The molecule has 23 heavy (non-hydrogen) atoms. The van der Waals surface area contributed by atoms with Gasteiger partial charge in [-0.3, -0.25) is 9.59 Å². The molecule has 5 nitrogen and oxygen atoms in total. The highest BCUT2D eigenvalue weighted by molar-refractivity contribution is 8.01. The molecule has 0 spiro atoms. The average molecular weight is 354 g/mol. The zero-order valence-electron chi connectivity index (χ0n) is 12.9. The number of nitrogens with one attached hydrogen (secondary N) is 3. The fourth-order valence-electron chi connectivity index (χ4n) is 2.93. The van der Waals surface area contributed by atoms with E-state index in [0.29, 0.717) is 10.7 Å². The molecular formula is C16H20ClN3O2S. The van der Waals surface area contributed by atoms with Crippen molar-refractivity contribution >= 4 is 40.9 Å². The Kier molecular flexibility index (Phi) is 5.14. The van der Waals surface area contributed by atoms with Crippen LogP contribution in [-0.2, 0) is 9.59 Å². The Bertz CT molecular complexity index is 625. The van der Waals surface area contributed by atoms with E-state index < -0.39 is 5.25 Å². The first-order chi connectivity index (χ1) is 11.0. The molecule has 0 aromatic heterocycles. The zero-order chi connectivity index (χ0) is 16.4. The number of amides is 2. The molecule has 2 aliphatic rings. The number of anilines is 1. The number of carbonyl (C=O) groups is 2. The van der Waals surface area contributed by atoms with Gasteiger partial charge in [-0.25, -0.2) is 0 Å². The maximum absolute atomic E-state index is 12.3. The fourth-order valence-corrected chi connectivity index (χ4v) is 4.20. The van der Waals surface area contributed by atoms with Crippen molar-refractivity contribution in [2.45, 2.75) is 48.4 Å². The molecule has 1 aromatic carbocycles. The van der Waals surface area contributed by atoms with Crippen molar-refractivity contribution in [1.82, 2.24) is 10.6 Å².